The molecule has 6 nitrogen and oxygen atoms in total. The fourth-order valence-corrected chi connectivity index (χ4v) is 3.94. The number of rotatable bonds is 3. The molecule has 2 aromatic rings. The van der Waals surface area contributed by atoms with Crippen molar-refractivity contribution in [3.8, 4) is 0 Å². The van der Waals surface area contributed by atoms with E-state index in [1.165, 1.54) is 0 Å². The number of carbonyl (C=O) groups excluding carboxylic acids is 1. The number of halogens is 1. The summed E-state index contributed by atoms with van der Waals surface area (Å²) in [6, 6.07) is 5.29. The molecular weight excluding hydrogens is 316 g/mol. The van der Waals surface area contributed by atoms with Gasteiger partial charge in [-0.05, 0) is 18.2 Å². The first-order valence-corrected chi connectivity index (χ1v) is 8.89. The summed E-state index contributed by atoms with van der Waals surface area (Å²) in [7, 11) is 1.65. The van der Waals surface area contributed by atoms with Crippen LogP contribution in [0.1, 0.15) is 12.3 Å². The Morgan fingerprint density at radius 3 is 2.95 bits per heavy atom. The minimum atomic E-state index is -3.60. The van der Waals surface area contributed by atoms with Crippen LogP contribution >= 0.6 is 10.7 Å². The van der Waals surface area contributed by atoms with Gasteiger partial charge in [-0.2, -0.15) is 0 Å². The number of benzene rings is 1. The maximum absolute atomic E-state index is 12.1. The molecule has 21 heavy (non-hydrogen) atoms. The maximum atomic E-state index is 12.1. The number of hydrogen-bond donors (Lipinski definition) is 0. The number of fused-ring (bicyclic) bond motifs is 1. The van der Waals surface area contributed by atoms with Gasteiger partial charge in [0.15, 0.2) is 11.5 Å². The third-order valence-corrected chi connectivity index (χ3v) is 4.68. The summed E-state index contributed by atoms with van der Waals surface area (Å²) in [6.07, 6.45) is 0.182. The van der Waals surface area contributed by atoms with E-state index in [1.54, 1.807) is 30.0 Å². The average Bonchev–Trinajstić information content (AvgIpc) is 2.88. The molecule has 112 valence electrons. The SMILES string of the molecule is Cc1nc2cc(N3CC(CS(=O)(=O)Cl)CC3=O)ccc2o1. The molecule has 0 spiro atoms. The Labute approximate surface area is 126 Å². The van der Waals surface area contributed by atoms with E-state index < -0.39 is 9.05 Å². The highest BCUT2D eigenvalue weighted by Crippen LogP contribution is 2.29. The van der Waals surface area contributed by atoms with Gasteiger partial charge in [-0.3, -0.25) is 4.79 Å². The molecule has 1 aromatic heterocycles. The van der Waals surface area contributed by atoms with Crippen LogP contribution in [0.5, 0.6) is 0 Å². The van der Waals surface area contributed by atoms with E-state index in [0.717, 1.165) is 0 Å². The van der Waals surface area contributed by atoms with Crippen molar-refractivity contribution in [2.45, 2.75) is 13.3 Å². The Morgan fingerprint density at radius 1 is 1.48 bits per heavy atom. The van der Waals surface area contributed by atoms with Crippen LogP contribution in [0.4, 0.5) is 5.69 Å². The third kappa shape index (κ3) is 3.03. The van der Waals surface area contributed by atoms with E-state index in [1.807, 2.05) is 0 Å². The molecule has 0 bridgehead atoms. The van der Waals surface area contributed by atoms with Crippen molar-refractivity contribution < 1.29 is 17.6 Å². The zero-order valence-corrected chi connectivity index (χ0v) is 12.8. The average molecular weight is 329 g/mol. The Kier molecular flexibility index (Phi) is 3.41. The van der Waals surface area contributed by atoms with Crippen LogP contribution in [0.25, 0.3) is 11.1 Å². The molecule has 1 fully saturated rings. The summed E-state index contributed by atoms with van der Waals surface area (Å²) >= 11 is 0. The number of aromatic nitrogens is 1. The van der Waals surface area contributed by atoms with E-state index >= 15 is 0 Å². The second kappa shape index (κ2) is 4.99. The van der Waals surface area contributed by atoms with Gasteiger partial charge in [0.2, 0.25) is 15.0 Å². The lowest BCUT2D eigenvalue weighted by Crippen LogP contribution is -2.25. The first-order valence-electron chi connectivity index (χ1n) is 6.42. The number of anilines is 1. The van der Waals surface area contributed by atoms with Crippen LogP contribution in [0.2, 0.25) is 0 Å². The fourth-order valence-electron chi connectivity index (χ4n) is 2.62. The molecule has 0 saturated carbocycles. The van der Waals surface area contributed by atoms with Gasteiger partial charge in [-0.1, -0.05) is 0 Å². The van der Waals surface area contributed by atoms with Crippen LogP contribution in [-0.2, 0) is 13.8 Å². The zero-order chi connectivity index (χ0) is 15.2. The fraction of sp³-hybridized carbons (Fsp3) is 0.385. The van der Waals surface area contributed by atoms with Crippen LogP contribution in [0.3, 0.4) is 0 Å². The van der Waals surface area contributed by atoms with Crippen LogP contribution in [0, 0.1) is 12.8 Å². The lowest BCUT2D eigenvalue weighted by molar-refractivity contribution is -0.117. The number of hydrogen-bond acceptors (Lipinski definition) is 5. The minimum absolute atomic E-state index is 0.111. The molecule has 2 heterocycles. The standard InChI is InChI=1S/C13H13ClN2O4S/c1-8-15-11-5-10(2-3-12(11)20-8)16-6-9(4-13(16)17)7-21(14,18)19/h2-3,5,9H,4,6-7H2,1H3. The lowest BCUT2D eigenvalue weighted by Gasteiger charge is -2.16. The number of carbonyl (C=O) groups is 1. The van der Waals surface area contributed by atoms with Crippen molar-refractivity contribution >= 4 is 42.4 Å². The number of aryl methyl sites for hydroxylation is 1. The summed E-state index contributed by atoms with van der Waals surface area (Å²) < 4.78 is 27.6. The van der Waals surface area contributed by atoms with E-state index in [-0.39, 0.29) is 24.0 Å². The highest BCUT2D eigenvalue weighted by atomic mass is 35.7. The van der Waals surface area contributed by atoms with E-state index in [4.69, 9.17) is 15.1 Å². The van der Waals surface area contributed by atoms with Crippen LogP contribution in [0.15, 0.2) is 22.6 Å². The predicted octanol–water partition coefficient (Wildman–Crippen LogP) is 2.06. The molecular formula is C13H13ClN2O4S. The number of amides is 1. The molecule has 1 aliphatic rings. The van der Waals surface area contributed by atoms with Crippen molar-refractivity contribution in [3.63, 3.8) is 0 Å². The molecule has 1 aliphatic heterocycles. The molecule has 1 saturated heterocycles. The molecule has 0 aliphatic carbocycles. The summed E-state index contributed by atoms with van der Waals surface area (Å²) in [4.78, 5) is 17.8. The molecule has 3 rings (SSSR count). The highest BCUT2D eigenvalue weighted by Gasteiger charge is 2.33. The topological polar surface area (TPSA) is 80.5 Å². The van der Waals surface area contributed by atoms with E-state index in [0.29, 0.717) is 29.2 Å². The summed E-state index contributed by atoms with van der Waals surface area (Å²) in [5, 5.41) is 0. The van der Waals surface area contributed by atoms with E-state index in [9.17, 15) is 13.2 Å². The van der Waals surface area contributed by atoms with Gasteiger partial charge < -0.3 is 9.32 Å². The van der Waals surface area contributed by atoms with E-state index in [2.05, 4.69) is 4.98 Å². The van der Waals surface area contributed by atoms with Gasteiger partial charge in [0, 0.05) is 42.2 Å². The molecule has 1 amide bonds. The lowest BCUT2D eigenvalue weighted by atomic mass is 10.1. The van der Waals surface area contributed by atoms with Crippen molar-refractivity contribution in [3.05, 3.63) is 24.1 Å². The smallest absolute Gasteiger partial charge is 0.232 e. The minimum Gasteiger partial charge on any atom is -0.441 e. The van der Waals surface area contributed by atoms with Gasteiger partial charge in [0.1, 0.15) is 5.52 Å². The van der Waals surface area contributed by atoms with Crippen molar-refractivity contribution in [2.75, 3.05) is 17.2 Å². The molecule has 8 heteroatoms. The predicted molar refractivity (Wildman–Crippen MR) is 78.8 cm³/mol. The van der Waals surface area contributed by atoms with Crippen molar-refractivity contribution in [2.24, 2.45) is 5.92 Å². The summed E-state index contributed by atoms with van der Waals surface area (Å²) in [6.45, 7) is 2.09. The Morgan fingerprint density at radius 2 is 2.24 bits per heavy atom. The largest absolute Gasteiger partial charge is 0.441 e. The molecule has 0 radical (unpaired) electrons. The molecule has 1 unspecified atom stereocenters. The normalized spacial score (nSPS) is 19.6. The second-order valence-corrected chi connectivity index (χ2v) is 7.99. The van der Waals surface area contributed by atoms with Gasteiger partial charge in [-0.15, -0.1) is 0 Å². The van der Waals surface area contributed by atoms with Gasteiger partial charge >= 0.3 is 0 Å². The molecule has 1 aromatic carbocycles. The van der Waals surface area contributed by atoms with Crippen molar-refractivity contribution in [1.82, 2.24) is 4.98 Å². The Balaban J connectivity index is 1.86. The highest BCUT2D eigenvalue weighted by molar-refractivity contribution is 8.13. The van der Waals surface area contributed by atoms with Crippen molar-refractivity contribution in [1.29, 1.82) is 0 Å². The first-order chi connectivity index (χ1) is 9.82. The molecule has 1 atom stereocenters. The number of oxazole rings is 1. The van der Waals surface area contributed by atoms with Gasteiger partial charge in [0.05, 0.1) is 5.75 Å². The molecule has 0 N–H and O–H groups in total. The third-order valence-electron chi connectivity index (χ3n) is 3.43. The zero-order valence-electron chi connectivity index (χ0n) is 11.2. The first kappa shape index (κ1) is 14.3. The van der Waals surface area contributed by atoms with Crippen LogP contribution < -0.4 is 4.90 Å². The quantitative estimate of drug-likeness (QED) is 0.806. The van der Waals surface area contributed by atoms with Gasteiger partial charge in [-0.25, -0.2) is 13.4 Å². The van der Waals surface area contributed by atoms with Gasteiger partial charge in [0.25, 0.3) is 0 Å². The Bertz CT molecular complexity index is 815. The summed E-state index contributed by atoms with van der Waals surface area (Å²) in [5.74, 6) is -0.0297. The summed E-state index contributed by atoms with van der Waals surface area (Å²) in [5.41, 5.74) is 2.02. The Hall–Kier alpha value is -1.60. The maximum Gasteiger partial charge on any atom is 0.232 e. The number of nitrogens with zero attached hydrogens (tertiary/aromatic N) is 2. The van der Waals surface area contributed by atoms with Crippen LogP contribution in [-0.4, -0.2) is 31.6 Å². The monoisotopic (exact) mass is 328 g/mol. The second-order valence-electron chi connectivity index (χ2n) is 5.16.